The van der Waals surface area contributed by atoms with Crippen LogP contribution in [0.5, 0.6) is 0 Å². The van der Waals surface area contributed by atoms with Crippen LogP contribution in [0.2, 0.25) is 0 Å². The van der Waals surface area contributed by atoms with E-state index in [9.17, 15) is 8.42 Å². The Morgan fingerprint density at radius 3 is 2.65 bits per heavy atom. The number of para-hydroxylation sites is 1. The van der Waals surface area contributed by atoms with E-state index in [1.807, 2.05) is 13.0 Å². The van der Waals surface area contributed by atoms with Gasteiger partial charge in [-0.05, 0) is 24.6 Å². The number of aliphatic hydroxyl groups is 2. The molecule has 3 N–H and O–H groups in total. The molecule has 0 bridgehead atoms. The summed E-state index contributed by atoms with van der Waals surface area (Å²) >= 11 is 0. The smallest absolute Gasteiger partial charge is 0.243 e. The molecule has 6 nitrogen and oxygen atoms in total. The Morgan fingerprint density at radius 2 is 2.00 bits per heavy atom. The Labute approximate surface area is 117 Å². The number of fused-ring (bicyclic) bond motifs is 1. The number of nitrogens with one attached hydrogen (secondary N) is 1. The summed E-state index contributed by atoms with van der Waals surface area (Å²) in [5.41, 5.74) is 1.30. The quantitative estimate of drug-likeness (QED) is 0.730. The minimum absolute atomic E-state index is 0.0295. The summed E-state index contributed by atoms with van der Waals surface area (Å²) in [6.07, 6.45) is 1.59. The van der Waals surface area contributed by atoms with Gasteiger partial charge in [-0.2, -0.15) is 0 Å². The highest BCUT2D eigenvalue weighted by Crippen LogP contribution is 2.21. The van der Waals surface area contributed by atoms with Crippen LogP contribution in [0, 0.1) is 6.92 Å². The number of aryl methyl sites for hydroxylation is 1. The number of aromatic nitrogens is 1. The van der Waals surface area contributed by atoms with Gasteiger partial charge in [-0.1, -0.05) is 12.1 Å². The third-order valence-corrected chi connectivity index (χ3v) is 4.41. The van der Waals surface area contributed by atoms with Gasteiger partial charge >= 0.3 is 0 Å². The van der Waals surface area contributed by atoms with E-state index in [0.29, 0.717) is 5.52 Å². The molecule has 0 atom stereocenters. The molecule has 0 saturated carbocycles. The fourth-order valence-corrected chi connectivity index (χ4v) is 3.27. The predicted octanol–water partition coefficient (Wildman–Crippen LogP) is 0.175. The maximum Gasteiger partial charge on any atom is 0.243 e. The Hall–Kier alpha value is -1.54. The molecule has 1 aromatic carbocycles. The normalized spacial score (nSPS) is 12.2. The molecule has 0 amide bonds. The SMILES string of the molecule is Cc1cnc2c(S(=O)(=O)NC(CO)CO)cccc2c1. The van der Waals surface area contributed by atoms with E-state index < -0.39 is 29.3 Å². The van der Waals surface area contributed by atoms with Crippen molar-refractivity contribution in [1.29, 1.82) is 0 Å². The lowest BCUT2D eigenvalue weighted by Crippen LogP contribution is -2.40. The third-order valence-electron chi connectivity index (χ3n) is 2.86. The lowest BCUT2D eigenvalue weighted by molar-refractivity contribution is 0.185. The molecule has 0 fully saturated rings. The van der Waals surface area contributed by atoms with Crippen LogP contribution in [-0.2, 0) is 10.0 Å². The molecule has 0 unspecified atom stereocenters. The lowest BCUT2D eigenvalue weighted by atomic mass is 10.2. The van der Waals surface area contributed by atoms with Crippen molar-refractivity contribution in [3.8, 4) is 0 Å². The molecular formula is C13H16N2O4S. The third kappa shape index (κ3) is 2.96. The van der Waals surface area contributed by atoms with Gasteiger partial charge in [-0.3, -0.25) is 4.98 Å². The van der Waals surface area contributed by atoms with Crippen molar-refractivity contribution >= 4 is 20.9 Å². The molecule has 1 heterocycles. The van der Waals surface area contributed by atoms with E-state index in [-0.39, 0.29) is 4.90 Å². The second-order valence-electron chi connectivity index (χ2n) is 4.52. The van der Waals surface area contributed by atoms with E-state index in [1.54, 1.807) is 18.3 Å². The van der Waals surface area contributed by atoms with Gasteiger partial charge in [0.2, 0.25) is 10.0 Å². The molecule has 108 valence electrons. The van der Waals surface area contributed by atoms with Crippen LogP contribution >= 0.6 is 0 Å². The van der Waals surface area contributed by atoms with Crippen molar-refractivity contribution in [3.05, 3.63) is 36.0 Å². The molecule has 7 heteroatoms. The first kappa shape index (κ1) is 14.9. The first-order valence-electron chi connectivity index (χ1n) is 6.07. The largest absolute Gasteiger partial charge is 0.395 e. The number of benzene rings is 1. The van der Waals surface area contributed by atoms with E-state index in [4.69, 9.17) is 10.2 Å². The minimum atomic E-state index is -3.86. The van der Waals surface area contributed by atoms with Crippen LogP contribution in [0.4, 0.5) is 0 Å². The Bertz CT molecular complexity index is 711. The number of rotatable bonds is 5. The van der Waals surface area contributed by atoms with Crippen LogP contribution in [0.1, 0.15) is 5.56 Å². The van der Waals surface area contributed by atoms with Crippen LogP contribution in [0.25, 0.3) is 10.9 Å². The van der Waals surface area contributed by atoms with Crippen LogP contribution in [0.3, 0.4) is 0 Å². The number of hydrogen-bond acceptors (Lipinski definition) is 5. The van der Waals surface area contributed by atoms with Gasteiger partial charge < -0.3 is 10.2 Å². The number of hydrogen-bond donors (Lipinski definition) is 3. The highest BCUT2D eigenvalue weighted by Gasteiger charge is 2.21. The number of sulfonamides is 1. The van der Waals surface area contributed by atoms with Gasteiger partial charge in [0.1, 0.15) is 4.90 Å². The summed E-state index contributed by atoms with van der Waals surface area (Å²) in [5.74, 6) is 0. The molecule has 0 aliphatic heterocycles. The van der Waals surface area contributed by atoms with Gasteiger partial charge in [-0.15, -0.1) is 0 Å². The summed E-state index contributed by atoms with van der Waals surface area (Å²) in [4.78, 5) is 4.19. The monoisotopic (exact) mass is 296 g/mol. The zero-order valence-corrected chi connectivity index (χ0v) is 11.8. The van der Waals surface area contributed by atoms with Crippen molar-refractivity contribution in [2.24, 2.45) is 0 Å². The first-order valence-corrected chi connectivity index (χ1v) is 7.55. The summed E-state index contributed by atoms with van der Waals surface area (Å²) in [6, 6.07) is 5.77. The second kappa shape index (κ2) is 5.84. The fraction of sp³-hybridized carbons (Fsp3) is 0.308. The molecular weight excluding hydrogens is 280 g/mol. The van der Waals surface area contributed by atoms with Crippen molar-refractivity contribution < 1.29 is 18.6 Å². The molecule has 2 rings (SSSR count). The van der Waals surface area contributed by atoms with E-state index >= 15 is 0 Å². The summed E-state index contributed by atoms with van der Waals surface area (Å²) < 4.78 is 26.8. The van der Waals surface area contributed by atoms with E-state index in [2.05, 4.69) is 9.71 Å². The zero-order chi connectivity index (χ0) is 14.8. The standard InChI is InChI=1S/C13H16N2O4S/c1-9-5-10-3-2-4-12(13(10)14-6-9)20(18,19)15-11(7-16)8-17/h2-6,11,15-17H,7-8H2,1H3. The van der Waals surface area contributed by atoms with Gasteiger partial charge in [0.15, 0.2) is 0 Å². The Kier molecular flexibility index (Phi) is 4.34. The average molecular weight is 296 g/mol. The molecule has 0 spiro atoms. The Morgan fingerprint density at radius 1 is 1.30 bits per heavy atom. The number of aliphatic hydroxyl groups excluding tert-OH is 2. The van der Waals surface area contributed by atoms with Gasteiger partial charge in [0.05, 0.1) is 24.8 Å². The first-order chi connectivity index (χ1) is 9.47. The summed E-state index contributed by atoms with van der Waals surface area (Å²) in [6.45, 7) is 0.916. The second-order valence-corrected chi connectivity index (χ2v) is 6.21. The van der Waals surface area contributed by atoms with Gasteiger partial charge in [0, 0.05) is 11.6 Å². The zero-order valence-electron chi connectivity index (χ0n) is 10.9. The predicted molar refractivity (Wildman–Crippen MR) is 74.8 cm³/mol. The van der Waals surface area contributed by atoms with Crippen molar-refractivity contribution in [1.82, 2.24) is 9.71 Å². The molecule has 2 aromatic rings. The Balaban J connectivity index is 2.52. The van der Waals surface area contributed by atoms with Crippen LogP contribution in [0.15, 0.2) is 35.4 Å². The van der Waals surface area contributed by atoms with Crippen molar-refractivity contribution in [2.75, 3.05) is 13.2 Å². The molecule has 0 aliphatic carbocycles. The van der Waals surface area contributed by atoms with E-state index in [1.165, 1.54) is 6.07 Å². The average Bonchev–Trinajstić information content (AvgIpc) is 2.43. The molecule has 1 aromatic heterocycles. The molecule has 0 radical (unpaired) electrons. The van der Waals surface area contributed by atoms with E-state index in [0.717, 1.165) is 10.9 Å². The molecule has 0 aliphatic rings. The summed E-state index contributed by atoms with van der Waals surface area (Å²) in [5, 5.41) is 18.7. The van der Waals surface area contributed by atoms with Gasteiger partial charge in [-0.25, -0.2) is 13.1 Å². The van der Waals surface area contributed by atoms with Crippen LogP contribution < -0.4 is 4.72 Å². The lowest BCUT2D eigenvalue weighted by Gasteiger charge is -2.14. The number of nitrogens with zero attached hydrogens (tertiary/aromatic N) is 1. The summed E-state index contributed by atoms with van der Waals surface area (Å²) in [7, 11) is -3.86. The van der Waals surface area contributed by atoms with Crippen molar-refractivity contribution in [3.63, 3.8) is 0 Å². The maximum atomic E-state index is 12.3. The molecule has 0 saturated heterocycles. The van der Waals surface area contributed by atoms with Gasteiger partial charge in [0.25, 0.3) is 0 Å². The van der Waals surface area contributed by atoms with Crippen molar-refractivity contribution in [2.45, 2.75) is 17.9 Å². The number of pyridine rings is 1. The van der Waals surface area contributed by atoms with Crippen LogP contribution in [-0.4, -0.2) is 42.9 Å². The minimum Gasteiger partial charge on any atom is -0.395 e. The highest BCUT2D eigenvalue weighted by atomic mass is 32.2. The maximum absolute atomic E-state index is 12.3. The fourth-order valence-electron chi connectivity index (χ4n) is 1.87. The molecule has 20 heavy (non-hydrogen) atoms. The topological polar surface area (TPSA) is 99.5 Å². The highest BCUT2D eigenvalue weighted by molar-refractivity contribution is 7.89.